The van der Waals surface area contributed by atoms with Gasteiger partial charge in [-0.2, -0.15) is 5.10 Å². The molecule has 0 aliphatic rings. The zero-order chi connectivity index (χ0) is 18.2. The first-order valence-corrected chi connectivity index (χ1v) is 9.10. The summed E-state index contributed by atoms with van der Waals surface area (Å²) >= 11 is 7.99. The molecule has 0 atom stereocenters. The topological polar surface area (TPSA) is 59.9 Å². The molecule has 2 rings (SSSR count). The molecule has 7 heteroatoms. The molecule has 0 heterocycles. The number of hydrogen-bond acceptors (Lipinski definition) is 4. The van der Waals surface area contributed by atoms with E-state index in [-0.39, 0.29) is 5.91 Å². The summed E-state index contributed by atoms with van der Waals surface area (Å²) in [4.78, 5) is 12.0. The number of ether oxygens (including phenoxy) is 2. The van der Waals surface area contributed by atoms with Gasteiger partial charge in [-0.25, -0.2) is 5.43 Å². The Balaban J connectivity index is 2.08. The number of rotatable bonds is 7. The number of benzene rings is 2. The molecule has 132 valence electrons. The number of amides is 1. The highest BCUT2D eigenvalue weighted by Crippen LogP contribution is 2.33. The lowest BCUT2D eigenvalue weighted by Gasteiger charge is -2.12. The van der Waals surface area contributed by atoms with Crippen molar-refractivity contribution in [1.82, 2.24) is 5.43 Å². The van der Waals surface area contributed by atoms with Crippen molar-refractivity contribution in [1.29, 1.82) is 0 Å². The molecule has 0 bridgehead atoms. The molecule has 0 unspecified atom stereocenters. The molecule has 2 aromatic rings. The number of nitrogens with one attached hydrogen (secondary N) is 1. The van der Waals surface area contributed by atoms with Gasteiger partial charge in [-0.1, -0.05) is 18.5 Å². The first-order valence-electron chi connectivity index (χ1n) is 7.64. The van der Waals surface area contributed by atoms with Crippen molar-refractivity contribution < 1.29 is 14.3 Å². The fraction of sp³-hybridized carbons (Fsp3) is 0.222. The van der Waals surface area contributed by atoms with E-state index in [1.165, 1.54) is 0 Å². The van der Waals surface area contributed by atoms with Gasteiger partial charge in [0.1, 0.15) is 0 Å². The van der Waals surface area contributed by atoms with Gasteiger partial charge in [0.05, 0.1) is 23.5 Å². The van der Waals surface area contributed by atoms with Crippen molar-refractivity contribution in [2.45, 2.75) is 13.3 Å². The Kier molecular flexibility index (Phi) is 7.52. The lowest BCUT2D eigenvalue weighted by molar-refractivity contribution is 0.0955. The molecular weight excluding hydrogens is 455 g/mol. The zero-order valence-electron chi connectivity index (χ0n) is 13.9. The van der Waals surface area contributed by atoms with E-state index in [1.807, 2.05) is 19.1 Å². The molecule has 1 N–H and O–H groups in total. The Morgan fingerprint density at radius 2 is 2.04 bits per heavy atom. The number of methoxy groups -OCH3 is 1. The second-order valence-electron chi connectivity index (χ2n) is 5.09. The second kappa shape index (κ2) is 9.62. The quantitative estimate of drug-likeness (QED) is 0.367. The van der Waals surface area contributed by atoms with Gasteiger partial charge in [0.25, 0.3) is 5.91 Å². The summed E-state index contributed by atoms with van der Waals surface area (Å²) in [5.74, 6) is 1.04. The van der Waals surface area contributed by atoms with Crippen LogP contribution in [0.5, 0.6) is 11.5 Å². The minimum Gasteiger partial charge on any atom is -0.493 e. The summed E-state index contributed by atoms with van der Waals surface area (Å²) in [6.45, 7) is 2.67. The van der Waals surface area contributed by atoms with Crippen LogP contribution in [0, 0.1) is 3.57 Å². The van der Waals surface area contributed by atoms with Crippen LogP contribution in [0.25, 0.3) is 0 Å². The Hall–Kier alpha value is -1.80. The molecule has 5 nitrogen and oxygen atoms in total. The molecule has 0 fully saturated rings. The maximum absolute atomic E-state index is 12.0. The number of nitrogens with zero attached hydrogens (tertiary/aromatic N) is 1. The fourth-order valence-corrected chi connectivity index (χ4v) is 2.90. The first-order chi connectivity index (χ1) is 12.0. The lowest BCUT2D eigenvalue weighted by atomic mass is 10.2. The van der Waals surface area contributed by atoms with Crippen molar-refractivity contribution in [3.63, 3.8) is 0 Å². The molecule has 1 amide bonds. The highest BCUT2D eigenvalue weighted by molar-refractivity contribution is 14.1. The number of halogens is 2. The third-order valence-electron chi connectivity index (χ3n) is 3.19. The SMILES string of the molecule is CCCOc1c(I)cc(/C=N/NC(=O)c2ccc(Cl)cc2)cc1OC. The second-order valence-corrected chi connectivity index (χ2v) is 6.69. The van der Waals surface area contributed by atoms with E-state index < -0.39 is 0 Å². The van der Waals surface area contributed by atoms with E-state index in [0.29, 0.717) is 28.7 Å². The van der Waals surface area contributed by atoms with Gasteiger partial charge in [-0.05, 0) is 71.0 Å². The standard InChI is InChI=1S/C18H18ClIN2O3/c1-3-8-25-17-15(20)9-12(10-16(17)24-2)11-21-22-18(23)13-4-6-14(19)7-5-13/h4-7,9-11H,3,8H2,1-2H3,(H,22,23)/b21-11+. The average Bonchev–Trinajstić information content (AvgIpc) is 2.61. The Bertz CT molecular complexity index is 764. The van der Waals surface area contributed by atoms with Crippen LogP contribution in [0.1, 0.15) is 29.3 Å². The van der Waals surface area contributed by atoms with Crippen LogP contribution < -0.4 is 14.9 Å². The molecule has 0 saturated heterocycles. The lowest BCUT2D eigenvalue weighted by Crippen LogP contribution is -2.17. The number of hydrazone groups is 1. The number of carbonyl (C=O) groups excluding carboxylic acids is 1. The van der Waals surface area contributed by atoms with Crippen molar-refractivity contribution >= 4 is 46.3 Å². The van der Waals surface area contributed by atoms with Crippen LogP contribution in [0.3, 0.4) is 0 Å². The minimum atomic E-state index is -0.308. The molecule has 0 aliphatic carbocycles. The monoisotopic (exact) mass is 472 g/mol. The van der Waals surface area contributed by atoms with Crippen molar-refractivity contribution in [2.75, 3.05) is 13.7 Å². The van der Waals surface area contributed by atoms with Crippen molar-refractivity contribution in [3.8, 4) is 11.5 Å². The highest BCUT2D eigenvalue weighted by Gasteiger charge is 2.11. The normalized spacial score (nSPS) is 10.7. The molecule has 25 heavy (non-hydrogen) atoms. The largest absolute Gasteiger partial charge is 0.493 e. The van der Waals surface area contributed by atoms with E-state index in [1.54, 1.807) is 37.6 Å². The molecule has 0 aliphatic heterocycles. The van der Waals surface area contributed by atoms with Gasteiger partial charge >= 0.3 is 0 Å². The van der Waals surface area contributed by atoms with Crippen LogP contribution in [0.2, 0.25) is 5.02 Å². The molecule has 0 saturated carbocycles. The minimum absolute atomic E-state index is 0.308. The van der Waals surface area contributed by atoms with Crippen LogP contribution in [0.15, 0.2) is 41.5 Å². The first kappa shape index (κ1) is 19.5. The Morgan fingerprint density at radius 3 is 2.68 bits per heavy atom. The van der Waals surface area contributed by atoms with Gasteiger partial charge < -0.3 is 9.47 Å². The van der Waals surface area contributed by atoms with E-state index >= 15 is 0 Å². The number of carbonyl (C=O) groups is 1. The Morgan fingerprint density at radius 1 is 1.32 bits per heavy atom. The summed E-state index contributed by atoms with van der Waals surface area (Å²) in [5, 5.41) is 4.57. The summed E-state index contributed by atoms with van der Waals surface area (Å²) in [5.41, 5.74) is 3.76. The smallest absolute Gasteiger partial charge is 0.271 e. The van der Waals surface area contributed by atoms with E-state index in [0.717, 1.165) is 15.6 Å². The number of hydrogen-bond donors (Lipinski definition) is 1. The van der Waals surface area contributed by atoms with Gasteiger partial charge in [0, 0.05) is 10.6 Å². The van der Waals surface area contributed by atoms with Crippen molar-refractivity contribution in [3.05, 3.63) is 56.1 Å². The molecule has 0 radical (unpaired) electrons. The molecule has 0 aromatic heterocycles. The van der Waals surface area contributed by atoms with Crippen LogP contribution >= 0.6 is 34.2 Å². The maximum atomic E-state index is 12.0. The predicted octanol–water partition coefficient (Wildman–Crippen LogP) is 4.51. The van der Waals surface area contributed by atoms with Crippen LogP contribution in [-0.4, -0.2) is 25.8 Å². The van der Waals surface area contributed by atoms with Crippen LogP contribution in [-0.2, 0) is 0 Å². The average molecular weight is 473 g/mol. The molecule has 2 aromatic carbocycles. The summed E-state index contributed by atoms with van der Waals surface area (Å²) in [7, 11) is 1.59. The molecular formula is C18H18ClIN2O3. The van der Waals surface area contributed by atoms with E-state index in [4.69, 9.17) is 21.1 Å². The zero-order valence-corrected chi connectivity index (χ0v) is 16.8. The van der Waals surface area contributed by atoms with E-state index in [9.17, 15) is 4.79 Å². The van der Waals surface area contributed by atoms with Crippen LogP contribution in [0.4, 0.5) is 0 Å². The van der Waals surface area contributed by atoms with Gasteiger partial charge in [-0.15, -0.1) is 0 Å². The predicted molar refractivity (Wildman–Crippen MR) is 108 cm³/mol. The summed E-state index contributed by atoms with van der Waals surface area (Å²) in [6.07, 6.45) is 2.47. The Labute approximate surface area is 165 Å². The van der Waals surface area contributed by atoms with Gasteiger partial charge in [0.2, 0.25) is 0 Å². The van der Waals surface area contributed by atoms with E-state index in [2.05, 4.69) is 33.1 Å². The highest BCUT2D eigenvalue weighted by atomic mass is 127. The van der Waals surface area contributed by atoms with Gasteiger partial charge in [-0.3, -0.25) is 4.79 Å². The third-order valence-corrected chi connectivity index (χ3v) is 4.24. The third kappa shape index (κ3) is 5.61. The fourth-order valence-electron chi connectivity index (χ4n) is 1.99. The van der Waals surface area contributed by atoms with Gasteiger partial charge in [0.15, 0.2) is 11.5 Å². The summed E-state index contributed by atoms with van der Waals surface area (Å²) < 4.78 is 12.0. The molecule has 0 spiro atoms. The maximum Gasteiger partial charge on any atom is 0.271 e. The summed E-state index contributed by atoms with van der Waals surface area (Å²) in [6, 6.07) is 10.3. The van der Waals surface area contributed by atoms with Crippen molar-refractivity contribution in [2.24, 2.45) is 5.10 Å².